The minimum Gasteiger partial charge on any atom is -0.446 e. The molecule has 1 aromatic carbocycles. The quantitative estimate of drug-likeness (QED) is 0.478. The molecule has 11 heteroatoms. The van der Waals surface area contributed by atoms with Gasteiger partial charge in [0.15, 0.2) is 0 Å². The SMILES string of the molecule is NC1CCN(C(=O)C(OC(=O)C(F)(F)F)Oc2ccc(Cl)c(F)c2)CC1. The number of benzene rings is 1. The molecule has 1 saturated heterocycles. The van der Waals surface area contributed by atoms with Crippen LogP contribution >= 0.6 is 11.6 Å². The Kier molecular flexibility index (Phi) is 6.30. The zero-order valence-corrected chi connectivity index (χ0v) is 14.0. The van der Waals surface area contributed by atoms with E-state index in [2.05, 4.69) is 4.74 Å². The van der Waals surface area contributed by atoms with Crippen LogP contribution in [-0.4, -0.2) is 48.4 Å². The van der Waals surface area contributed by atoms with Crippen molar-refractivity contribution >= 4 is 23.5 Å². The van der Waals surface area contributed by atoms with Crippen LogP contribution in [0.15, 0.2) is 18.2 Å². The number of esters is 1. The molecule has 1 fully saturated rings. The van der Waals surface area contributed by atoms with E-state index in [4.69, 9.17) is 22.1 Å². The molecule has 0 aromatic heterocycles. The van der Waals surface area contributed by atoms with Gasteiger partial charge < -0.3 is 20.1 Å². The van der Waals surface area contributed by atoms with Crippen molar-refractivity contribution in [2.45, 2.75) is 31.3 Å². The molecular weight excluding hydrogens is 384 g/mol. The molecule has 144 valence electrons. The highest BCUT2D eigenvalue weighted by Crippen LogP contribution is 2.24. The lowest BCUT2D eigenvalue weighted by molar-refractivity contribution is -0.218. The summed E-state index contributed by atoms with van der Waals surface area (Å²) >= 11 is 5.51. The molecule has 0 bridgehead atoms. The molecule has 1 aliphatic heterocycles. The van der Waals surface area contributed by atoms with Gasteiger partial charge in [0.05, 0.1) is 5.02 Å². The molecule has 1 amide bonds. The number of amides is 1. The average Bonchev–Trinajstić information content (AvgIpc) is 2.56. The van der Waals surface area contributed by atoms with Crippen LogP contribution in [0.4, 0.5) is 17.6 Å². The molecule has 0 aliphatic carbocycles. The van der Waals surface area contributed by atoms with E-state index in [0.29, 0.717) is 12.8 Å². The fourth-order valence-corrected chi connectivity index (χ4v) is 2.35. The van der Waals surface area contributed by atoms with Gasteiger partial charge in [0.2, 0.25) is 0 Å². The number of rotatable bonds is 4. The summed E-state index contributed by atoms with van der Waals surface area (Å²) in [7, 11) is 0. The lowest BCUT2D eigenvalue weighted by atomic mass is 10.1. The lowest BCUT2D eigenvalue weighted by Crippen LogP contribution is -2.50. The maximum atomic E-state index is 13.5. The van der Waals surface area contributed by atoms with Gasteiger partial charge in [-0.3, -0.25) is 4.79 Å². The standard InChI is InChI=1S/C15H15ClF4N2O4/c16-10-2-1-9(7-11(10)17)25-13(26-14(24)15(18,19)20)12(23)22-5-3-8(21)4-6-22/h1-2,7-8,13H,3-6,21H2. The number of ether oxygens (including phenoxy) is 2. The summed E-state index contributed by atoms with van der Waals surface area (Å²) in [6.07, 6.45) is -6.68. The molecule has 2 N–H and O–H groups in total. The topological polar surface area (TPSA) is 81.9 Å². The van der Waals surface area contributed by atoms with Crippen LogP contribution in [0, 0.1) is 5.82 Å². The summed E-state index contributed by atoms with van der Waals surface area (Å²) in [5.41, 5.74) is 5.71. The summed E-state index contributed by atoms with van der Waals surface area (Å²) in [6, 6.07) is 2.83. The third-order valence-corrected chi connectivity index (χ3v) is 3.94. The Balaban J connectivity index is 2.18. The Morgan fingerprint density at radius 1 is 1.27 bits per heavy atom. The summed E-state index contributed by atoms with van der Waals surface area (Å²) < 4.78 is 60.1. The first kappa shape index (κ1) is 20.2. The summed E-state index contributed by atoms with van der Waals surface area (Å²) in [4.78, 5) is 24.7. The van der Waals surface area contributed by atoms with Gasteiger partial charge in [-0.1, -0.05) is 11.6 Å². The molecule has 1 aliphatic rings. The van der Waals surface area contributed by atoms with E-state index in [1.54, 1.807) is 0 Å². The van der Waals surface area contributed by atoms with Gasteiger partial charge in [0.25, 0.3) is 0 Å². The highest BCUT2D eigenvalue weighted by atomic mass is 35.5. The van der Waals surface area contributed by atoms with E-state index < -0.39 is 30.2 Å². The number of carbonyl (C=O) groups excluding carboxylic acids is 2. The van der Waals surface area contributed by atoms with Gasteiger partial charge in [-0.15, -0.1) is 0 Å². The Morgan fingerprint density at radius 2 is 1.88 bits per heavy atom. The molecule has 1 heterocycles. The predicted molar refractivity (Wildman–Crippen MR) is 81.8 cm³/mol. The van der Waals surface area contributed by atoms with Crippen LogP contribution < -0.4 is 10.5 Å². The van der Waals surface area contributed by atoms with Gasteiger partial charge in [-0.2, -0.15) is 13.2 Å². The number of hydrogen-bond acceptors (Lipinski definition) is 5. The first-order valence-corrected chi connectivity index (χ1v) is 7.89. The average molecular weight is 399 g/mol. The molecule has 1 atom stereocenters. The van der Waals surface area contributed by atoms with Crippen LogP contribution in [-0.2, 0) is 14.3 Å². The van der Waals surface area contributed by atoms with Crippen molar-refractivity contribution in [1.82, 2.24) is 4.90 Å². The van der Waals surface area contributed by atoms with Crippen LogP contribution in [0.1, 0.15) is 12.8 Å². The molecular formula is C15H15ClF4N2O4. The number of likely N-dealkylation sites (tertiary alicyclic amines) is 1. The van der Waals surface area contributed by atoms with Crippen molar-refractivity contribution in [3.8, 4) is 5.75 Å². The number of hydrogen-bond donors (Lipinski definition) is 1. The molecule has 0 spiro atoms. The van der Waals surface area contributed by atoms with Crippen molar-refractivity contribution < 1.29 is 36.6 Å². The van der Waals surface area contributed by atoms with Gasteiger partial charge in [-0.25, -0.2) is 9.18 Å². The van der Waals surface area contributed by atoms with Gasteiger partial charge >= 0.3 is 24.3 Å². The Morgan fingerprint density at radius 3 is 2.42 bits per heavy atom. The summed E-state index contributed by atoms with van der Waals surface area (Å²) in [5, 5.41) is -0.252. The number of piperidine rings is 1. The fraction of sp³-hybridized carbons (Fsp3) is 0.467. The molecule has 6 nitrogen and oxygen atoms in total. The second-order valence-corrected chi connectivity index (χ2v) is 6.00. The largest absolute Gasteiger partial charge is 0.491 e. The summed E-state index contributed by atoms with van der Waals surface area (Å²) in [6.45, 7) is 0.330. The molecule has 2 rings (SSSR count). The maximum absolute atomic E-state index is 13.5. The lowest BCUT2D eigenvalue weighted by Gasteiger charge is -2.32. The molecule has 0 radical (unpaired) electrons. The monoisotopic (exact) mass is 398 g/mol. The van der Waals surface area contributed by atoms with Crippen molar-refractivity contribution in [2.75, 3.05) is 13.1 Å². The number of alkyl halides is 3. The third-order valence-electron chi connectivity index (χ3n) is 3.63. The van der Waals surface area contributed by atoms with Gasteiger partial charge in [-0.05, 0) is 25.0 Å². The van der Waals surface area contributed by atoms with Crippen molar-refractivity contribution in [2.24, 2.45) is 5.73 Å². The minimum atomic E-state index is -5.32. The highest BCUT2D eigenvalue weighted by molar-refractivity contribution is 6.30. The molecule has 26 heavy (non-hydrogen) atoms. The normalized spacial score (nSPS) is 16.9. The number of nitrogens with two attached hydrogens (primary N) is 1. The van der Waals surface area contributed by atoms with Crippen LogP contribution in [0.2, 0.25) is 5.02 Å². The Hall–Kier alpha value is -2.07. The predicted octanol–water partition coefficient (Wildman–Crippen LogP) is 2.24. The van der Waals surface area contributed by atoms with E-state index in [1.807, 2.05) is 0 Å². The van der Waals surface area contributed by atoms with E-state index in [-0.39, 0.29) is 29.9 Å². The molecule has 1 unspecified atom stereocenters. The molecule has 1 aromatic rings. The Bertz CT molecular complexity index is 678. The van der Waals surface area contributed by atoms with E-state index in [0.717, 1.165) is 18.2 Å². The van der Waals surface area contributed by atoms with Crippen molar-refractivity contribution in [3.05, 3.63) is 29.0 Å². The van der Waals surface area contributed by atoms with Gasteiger partial charge in [0, 0.05) is 25.2 Å². The number of halogens is 5. The van der Waals surface area contributed by atoms with Crippen molar-refractivity contribution in [1.29, 1.82) is 0 Å². The minimum absolute atomic E-state index is 0.137. The first-order valence-electron chi connectivity index (χ1n) is 7.52. The number of nitrogens with zero attached hydrogens (tertiary/aromatic N) is 1. The summed E-state index contributed by atoms with van der Waals surface area (Å²) in [5.74, 6) is -4.83. The fourth-order valence-electron chi connectivity index (χ4n) is 2.23. The zero-order chi connectivity index (χ0) is 19.5. The van der Waals surface area contributed by atoms with Crippen LogP contribution in [0.5, 0.6) is 5.75 Å². The van der Waals surface area contributed by atoms with Crippen molar-refractivity contribution in [3.63, 3.8) is 0 Å². The van der Waals surface area contributed by atoms with Crippen LogP contribution in [0.3, 0.4) is 0 Å². The van der Waals surface area contributed by atoms with E-state index in [9.17, 15) is 27.2 Å². The van der Waals surface area contributed by atoms with Crippen LogP contribution in [0.25, 0.3) is 0 Å². The smallest absolute Gasteiger partial charge is 0.446 e. The van der Waals surface area contributed by atoms with Gasteiger partial charge in [0.1, 0.15) is 11.6 Å². The second kappa shape index (κ2) is 8.09. The zero-order valence-electron chi connectivity index (χ0n) is 13.3. The second-order valence-electron chi connectivity index (χ2n) is 5.59. The van der Waals surface area contributed by atoms with E-state index in [1.165, 1.54) is 4.90 Å². The maximum Gasteiger partial charge on any atom is 0.491 e. The third kappa shape index (κ3) is 5.21. The molecule has 0 saturated carbocycles. The Labute approximate surface area is 150 Å². The first-order chi connectivity index (χ1) is 12.1. The number of carbonyl (C=O) groups is 2. The van der Waals surface area contributed by atoms with E-state index >= 15 is 0 Å². The highest BCUT2D eigenvalue weighted by Gasteiger charge is 2.45.